The third-order valence-corrected chi connectivity index (χ3v) is 4.76. The summed E-state index contributed by atoms with van der Waals surface area (Å²) in [6, 6.07) is 16.9. The van der Waals surface area contributed by atoms with E-state index in [-0.39, 0.29) is 19.2 Å². The van der Waals surface area contributed by atoms with E-state index in [9.17, 15) is 9.59 Å². The van der Waals surface area contributed by atoms with Gasteiger partial charge in [-0.25, -0.2) is 4.79 Å². The molecule has 3 rings (SSSR count). The van der Waals surface area contributed by atoms with E-state index < -0.39 is 5.91 Å². The van der Waals surface area contributed by atoms with Gasteiger partial charge in [-0.2, -0.15) is 0 Å². The van der Waals surface area contributed by atoms with Gasteiger partial charge in [-0.15, -0.1) is 11.3 Å². The molecule has 27 heavy (non-hydrogen) atoms. The van der Waals surface area contributed by atoms with Crippen molar-refractivity contribution in [1.29, 1.82) is 0 Å². The first kappa shape index (κ1) is 18.7. The van der Waals surface area contributed by atoms with E-state index in [0.717, 1.165) is 22.3 Å². The lowest BCUT2D eigenvalue weighted by Crippen LogP contribution is -2.20. The maximum atomic E-state index is 12.5. The molecular weight excluding hydrogens is 362 g/mol. The second-order valence-electron chi connectivity index (χ2n) is 6.01. The highest BCUT2D eigenvalue weighted by Crippen LogP contribution is 2.29. The topological polar surface area (TPSA) is 78.6 Å². The molecule has 0 saturated heterocycles. The predicted octanol–water partition coefficient (Wildman–Crippen LogP) is 3.94. The monoisotopic (exact) mass is 381 g/mol. The smallest absolute Gasteiger partial charge is 0.349 e. The lowest BCUT2D eigenvalue weighted by molar-refractivity contribution is -0.119. The molecule has 0 saturated carbocycles. The van der Waals surface area contributed by atoms with Gasteiger partial charge in [0.25, 0.3) is 5.91 Å². The van der Waals surface area contributed by atoms with Crippen LogP contribution in [0.3, 0.4) is 0 Å². The molecule has 0 fully saturated rings. The van der Waals surface area contributed by atoms with E-state index in [0.29, 0.717) is 10.6 Å². The Morgan fingerprint density at radius 2 is 1.85 bits per heavy atom. The Labute approximate surface area is 161 Å². The number of benzene rings is 2. The summed E-state index contributed by atoms with van der Waals surface area (Å²) in [5, 5.41) is 1.88. The van der Waals surface area contributed by atoms with Crippen molar-refractivity contribution in [2.24, 2.45) is 5.73 Å². The van der Waals surface area contributed by atoms with Gasteiger partial charge >= 0.3 is 5.97 Å². The number of esters is 1. The molecule has 0 radical (unpaired) electrons. The Morgan fingerprint density at radius 3 is 2.59 bits per heavy atom. The summed E-state index contributed by atoms with van der Waals surface area (Å²) in [6.07, 6.45) is 0. The van der Waals surface area contributed by atoms with Crippen LogP contribution in [-0.2, 0) is 16.1 Å². The molecule has 5 nitrogen and oxygen atoms in total. The lowest BCUT2D eigenvalue weighted by Gasteiger charge is -2.08. The van der Waals surface area contributed by atoms with Crippen molar-refractivity contribution in [1.82, 2.24) is 0 Å². The number of carbonyl (C=O) groups excluding carboxylic acids is 2. The zero-order valence-electron chi connectivity index (χ0n) is 14.8. The number of hydrogen-bond acceptors (Lipinski definition) is 5. The number of amides is 1. The van der Waals surface area contributed by atoms with Crippen LogP contribution in [0.2, 0.25) is 0 Å². The number of hydrogen-bond donors (Lipinski definition) is 1. The SMILES string of the molecule is Cc1ccc(-c2ccsc2C(=O)OCc2cccc(OCC(N)=O)c2)cc1. The average molecular weight is 381 g/mol. The number of thiophene rings is 1. The highest BCUT2D eigenvalue weighted by atomic mass is 32.1. The van der Waals surface area contributed by atoms with Crippen molar-refractivity contribution < 1.29 is 19.1 Å². The molecule has 0 atom stereocenters. The summed E-state index contributed by atoms with van der Waals surface area (Å²) in [5.74, 6) is -0.420. The molecule has 0 spiro atoms. The first-order valence-electron chi connectivity index (χ1n) is 8.34. The minimum absolute atomic E-state index is 0.109. The molecule has 0 aliphatic carbocycles. The molecule has 138 valence electrons. The van der Waals surface area contributed by atoms with Crippen molar-refractivity contribution >= 4 is 23.2 Å². The first-order chi connectivity index (χ1) is 13.0. The molecule has 1 aromatic heterocycles. The fourth-order valence-electron chi connectivity index (χ4n) is 2.52. The van der Waals surface area contributed by atoms with Gasteiger partial charge in [-0.1, -0.05) is 42.0 Å². The highest BCUT2D eigenvalue weighted by molar-refractivity contribution is 7.12. The fraction of sp³-hybridized carbons (Fsp3) is 0.143. The van der Waals surface area contributed by atoms with Crippen molar-refractivity contribution in [2.75, 3.05) is 6.61 Å². The van der Waals surface area contributed by atoms with Crippen LogP contribution in [0.4, 0.5) is 0 Å². The molecule has 2 aromatic carbocycles. The van der Waals surface area contributed by atoms with Gasteiger partial charge in [0.1, 0.15) is 17.2 Å². The standard InChI is InChI=1S/C21H19NO4S/c1-14-5-7-16(8-6-14)18-9-10-27-20(18)21(24)26-12-15-3-2-4-17(11-15)25-13-19(22)23/h2-11H,12-13H2,1H3,(H2,22,23). The summed E-state index contributed by atoms with van der Waals surface area (Å²) in [5.41, 5.74) is 8.84. The van der Waals surface area contributed by atoms with E-state index in [1.165, 1.54) is 11.3 Å². The van der Waals surface area contributed by atoms with Gasteiger partial charge < -0.3 is 15.2 Å². The predicted molar refractivity (Wildman–Crippen MR) is 105 cm³/mol. The number of aryl methyl sites for hydroxylation is 1. The second-order valence-corrected chi connectivity index (χ2v) is 6.92. The van der Waals surface area contributed by atoms with Gasteiger partial charge in [0.2, 0.25) is 0 Å². The van der Waals surface area contributed by atoms with Gasteiger partial charge in [-0.3, -0.25) is 4.79 Å². The van der Waals surface area contributed by atoms with Gasteiger partial charge in [0.15, 0.2) is 6.61 Å². The largest absolute Gasteiger partial charge is 0.484 e. The van der Waals surface area contributed by atoms with Crippen LogP contribution in [0.5, 0.6) is 5.75 Å². The lowest BCUT2D eigenvalue weighted by atomic mass is 10.1. The van der Waals surface area contributed by atoms with E-state index in [2.05, 4.69) is 0 Å². The molecule has 6 heteroatoms. The van der Waals surface area contributed by atoms with Gasteiger partial charge in [0.05, 0.1) is 0 Å². The number of nitrogens with two attached hydrogens (primary N) is 1. The minimum atomic E-state index is -0.548. The Bertz CT molecular complexity index is 947. The number of rotatable bonds is 7. The zero-order valence-corrected chi connectivity index (χ0v) is 15.6. The van der Waals surface area contributed by atoms with Crippen LogP contribution < -0.4 is 10.5 Å². The first-order valence-corrected chi connectivity index (χ1v) is 9.22. The molecular formula is C21H19NO4S. The van der Waals surface area contributed by atoms with Gasteiger partial charge in [-0.05, 0) is 41.6 Å². The molecule has 0 aliphatic heterocycles. The van der Waals surface area contributed by atoms with Crippen LogP contribution in [-0.4, -0.2) is 18.5 Å². The van der Waals surface area contributed by atoms with Crippen molar-refractivity contribution in [3.05, 3.63) is 76.0 Å². The van der Waals surface area contributed by atoms with E-state index >= 15 is 0 Å². The molecule has 3 aromatic rings. The highest BCUT2D eigenvalue weighted by Gasteiger charge is 2.16. The van der Waals surface area contributed by atoms with Crippen molar-refractivity contribution in [3.8, 4) is 16.9 Å². The molecule has 0 unspecified atom stereocenters. The molecule has 2 N–H and O–H groups in total. The summed E-state index contributed by atoms with van der Waals surface area (Å²) >= 11 is 1.36. The molecule has 0 aliphatic rings. The van der Waals surface area contributed by atoms with E-state index in [1.54, 1.807) is 18.2 Å². The zero-order chi connectivity index (χ0) is 19.2. The third-order valence-electron chi connectivity index (χ3n) is 3.86. The Kier molecular flexibility index (Phi) is 5.88. The van der Waals surface area contributed by atoms with Crippen LogP contribution >= 0.6 is 11.3 Å². The Morgan fingerprint density at radius 1 is 1.07 bits per heavy atom. The summed E-state index contributed by atoms with van der Waals surface area (Å²) in [4.78, 5) is 23.9. The Balaban J connectivity index is 1.67. The molecule has 1 heterocycles. The van der Waals surface area contributed by atoms with E-state index in [1.807, 2.05) is 48.7 Å². The Hall–Kier alpha value is -3.12. The number of ether oxygens (including phenoxy) is 2. The van der Waals surface area contributed by atoms with E-state index in [4.69, 9.17) is 15.2 Å². The maximum absolute atomic E-state index is 12.5. The summed E-state index contributed by atoms with van der Waals surface area (Å²) < 4.78 is 10.7. The fourth-order valence-corrected chi connectivity index (χ4v) is 3.33. The average Bonchev–Trinajstić information content (AvgIpc) is 3.15. The maximum Gasteiger partial charge on any atom is 0.349 e. The van der Waals surface area contributed by atoms with Crippen molar-refractivity contribution in [3.63, 3.8) is 0 Å². The number of primary amides is 1. The number of carbonyl (C=O) groups is 2. The van der Waals surface area contributed by atoms with Crippen LogP contribution in [0, 0.1) is 6.92 Å². The summed E-state index contributed by atoms with van der Waals surface area (Å²) in [7, 11) is 0. The summed E-state index contributed by atoms with van der Waals surface area (Å²) in [6.45, 7) is 1.93. The second kappa shape index (κ2) is 8.51. The normalized spacial score (nSPS) is 10.4. The van der Waals surface area contributed by atoms with Crippen molar-refractivity contribution in [2.45, 2.75) is 13.5 Å². The molecule has 1 amide bonds. The third kappa shape index (κ3) is 4.95. The van der Waals surface area contributed by atoms with Gasteiger partial charge in [0, 0.05) is 5.56 Å². The molecule has 0 bridgehead atoms. The quantitative estimate of drug-likeness (QED) is 0.629. The minimum Gasteiger partial charge on any atom is -0.484 e. The van der Waals surface area contributed by atoms with Crippen LogP contribution in [0.15, 0.2) is 60.0 Å². The van der Waals surface area contributed by atoms with Crippen LogP contribution in [0.1, 0.15) is 20.8 Å². The van der Waals surface area contributed by atoms with Crippen LogP contribution in [0.25, 0.3) is 11.1 Å².